The topological polar surface area (TPSA) is 267 Å². The third-order valence-electron chi connectivity index (χ3n) is 7.30. The van der Waals surface area contributed by atoms with Crippen molar-refractivity contribution >= 4 is 29.6 Å². The van der Waals surface area contributed by atoms with Gasteiger partial charge in [-0.3, -0.25) is 24.2 Å². The number of hydrogen-bond acceptors (Lipinski definition) is 8. The average Bonchev–Trinajstić information content (AvgIpc) is 2.98. The highest BCUT2D eigenvalue weighted by Crippen LogP contribution is 2.22. The molecule has 0 fully saturated rings. The predicted octanol–water partition coefficient (Wildman–Crippen LogP) is -1.15. The van der Waals surface area contributed by atoms with Crippen LogP contribution in [0.2, 0.25) is 0 Å². The molecule has 4 amide bonds. The lowest BCUT2D eigenvalue weighted by Crippen LogP contribution is -2.58. The van der Waals surface area contributed by atoms with Gasteiger partial charge in [0.25, 0.3) is 0 Å². The number of amides is 4. The number of nitrogens with zero attached hydrogens (tertiary/aromatic N) is 1. The summed E-state index contributed by atoms with van der Waals surface area (Å²) in [6, 6.07) is 7.99. The highest BCUT2D eigenvalue weighted by Gasteiger charge is 2.30. The number of nitrogens with one attached hydrogen (secondary N) is 3. The summed E-state index contributed by atoms with van der Waals surface area (Å²) in [5.74, 6) is -2.56. The van der Waals surface area contributed by atoms with Crippen molar-refractivity contribution in [2.45, 2.75) is 76.5 Å². The summed E-state index contributed by atoms with van der Waals surface area (Å²) in [5.41, 5.74) is 31.0. The third-order valence-corrected chi connectivity index (χ3v) is 7.30. The maximum atomic E-state index is 13.8. The fourth-order valence-electron chi connectivity index (χ4n) is 4.84. The molecule has 2 aromatic rings. The first-order valence-electron chi connectivity index (χ1n) is 14.9. The van der Waals surface area contributed by atoms with Crippen LogP contribution in [0.3, 0.4) is 0 Å². The van der Waals surface area contributed by atoms with E-state index in [1.54, 1.807) is 38.1 Å². The molecule has 45 heavy (non-hydrogen) atoms. The molecule has 0 aromatic heterocycles. The van der Waals surface area contributed by atoms with Crippen molar-refractivity contribution in [3.05, 3.63) is 64.7 Å². The van der Waals surface area contributed by atoms with Crippen molar-refractivity contribution in [3.63, 3.8) is 0 Å². The van der Waals surface area contributed by atoms with Gasteiger partial charge < -0.3 is 49.7 Å². The number of phenolic OH excluding ortho intramolecular Hbond substituents is 1. The van der Waals surface area contributed by atoms with Crippen molar-refractivity contribution < 1.29 is 24.3 Å². The van der Waals surface area contributed by atoms with E-state index in [2.05, 4.69) is 20.9 Å². The first-order valence-corrected chi connectivity index (χ1v) is 14.9. The lowest BCUT2D eigenvalue weighted by molar-refractivity contribution is -0.133. The standard InChI is InChI=1S/C31H47N9O5/c1-18-14-21(41)15-19(2)22(18)17-26(40-28(43)23(33)10-7-13-37-31(35)36)30(45)38-24(11-6-12-32)29(44)39-25(27(34)42)16-20-8-4-3-5-9-20/h3-5,8-9,14-15,23-26,41H,6-7,10-13,16-17,32-33H2,1-2H3,(H2,34,42)(H,38,45)(H,39,44)(H,40,43)(H4,35,36,37)/t23-,24+,25+,26+/m1/s1. The molecule has 0 unspecified atom stereocenters. The van der Waals surface area contributed by atoms with Crippen LogP contribution in [-0.4, -0.2) is 72.0 Å². The van der Waals surface area contributed by atoms with E-state index < -0.39 is 47.8 Å². The van der Waals surface area contributed by atoms with Gasteiger partial charge in [0, 0.05) is 19.4 Å². The zero-order valence-corrected chi connectivity index (χ0v) is 25.9. The number of phenols is 1. The SMILES string of the molecule is Cc1cc(O)cc(C)c1C[C@H](NC(=O)[C@H](N)CCCN=C(N)N)C(=O)N[C@@H](CCCN)C(=O)N[C@@H](Cc1ccccc1)C(N)=O. The van der Waals surface area contributed by atoms with E-state index in [-0.39, 0.29) is 50.5 Å². The van der Waals surface area contributed by atoms with Gasteiger partial charge in [-0.15, -0.1) is 0 Å². The molecule has 14 N–H and O–H groups in total. The quantitative estimate of drug-likeness (QED) is 0.0549. The average molecular weight is 626 g/mol. The number of carbonyl (C=O) groups is 4. The highest BCUT2D eigenvalue weighted by molar-refractivity contribution is 5.94. The number of aryl methyl sites for hydroxylation is 2. The van der Waals surface area contributed by atoms with E-state index in [0.717, 1.165) is 11.1 Å². The lowest BCUT2D eigenvalue weighted by atomic mass is 9.95. The van der Waals surface area contributed by atoms with E-state index in [1.165, 1.54) is 0 Å². The molecule has 0 radical (unpaired) electrons. The van der Waals surface area contributed by atoms with Crippen LogP contribution in [0.1, 0.15) is 47.9 Å². The first kappa shape index (κ1) is 36.5. The van der Waals surface area contributed by atoms with Crippen LogP contribution >= 0.6 is 0 Å². The van der Waals surface area contributed by atoms with Gasteiger partial charge in [-0.25, -0.2) is 0 Å². The zero-order chi connectivity index (χ0) is 33.5. The molecule has 4 atom stereocenters. The number of benzene rings is 2. The minimum absolute atomic E-state index is 0.0549. The number of rotatable bonds is 18. The Morgan fingerprint density at radius 2 is 1.38 bits per heavy atom. The molecule has 0 saturated carbocycles. The van der Waals surface area contributed by atoms with E-state index >= 15 is 0 Å². The monoisotopic (exact) mass is 625 g/mol. The van der Waals surface area contributed by atoms with Crippen LogP contribution in [0.25, 0.3) is 0 Å². The summed E-state index contributed by atoms with van der Waals surface area (Å²) >= 11 is 0. The van der Waals surface area contributed by atoms with Gasteiger partial charge in [0.1, 0.15) is 23.9 Å². The summed E-state index contributed by atoms with van der Waals surface area (Å²) < 4.78 is 0. The number of carbonyl (C=O) groups excluding carboxylic acids is 4. The summed E-state index contributed by atoms with van der Waals surface area (Å²) in [5, 5.41) is 18.1. The van der Waals surface area contributed by atoms with Gasteiger partial charge in [0.05, 0.1) is 6.04 Å². The highest BCUT2D eigenvalue weighted by atomic mass is 16.3. The summed E-state index contributed by atoms with van der Waals surface area (Å²) in [4.78, 5) is 56.3. The molecule has 2 rings (SSSR count). The molecule has 14 heteroatoms. The van der Waals surface area contributed by atoms with Crippen LogP contribution in [-0.2, 0) is 32.0 Å². The minimum Gasteiger partial charge on any atom is -0.508 e. The summed E-state index contributed by atoms with van der Waals surface area (Å²) in [6.45, 7) is 4.10. The molecule has 0 spiro atoms. The molecule has 246 valence electrons. The molecule has 0 aliphatic heterocycles. The molecule has 0 heterocycles. The Hall–Kier alpha value is -4.69. The Labute approximate surface area is 263 Å². The molecular weight excluding hydrogens is 578 g/mol. The molecule has 14 nitrogen and oxygen atoms in total. The van der Waals surface area contributed by atoms with Crippen molar-refractivity contribution in [2.24, 2.45) is 33.7 Å². The van der Waals surface area contributed by atoms with E-state index in [1.807, 2.05) is 18.2 Å². The summed E-state index contributed by atoms with van der Waals surface area (Å²) in [7, 11) is 0. The van der Waals surface area contributed by atoms with E-state index in [4.69, 9.17) is 28.7 Å². The fourth-order valence-corrected chi connectivity index (χ4v) is 4.84. The Morgan fingerprint density at radius 1 is 0.800 bits per heavy atom. The molecule has 2 aromatic carbocycles. The first-order chi connectivity index (χ1) is 21.3. The predicted molar refractivity (Wildman–Crippen MR) is 173 cm³/mol. The largest absolute Gasteiger partial charge is 0.508 e. The van der Waals surface area contributed by atoms with Crippen molar-refractivity contribution in [1.82, 2.24) is 16.0 Å². The van der Waals surface area contributed by atoms with Gasteiger partial charge in [-0.05, 0) is 80.5 Å². The van der Waals surface area contributed by atoms with Gasteiger partial charge in [0.2, 0.25) is 23.6 Å². The number of hydrogen-bond donors (Lipinski definition) is 9. The van der Waals surface area contributed by atoms with Crippen LogP contribution in [0, 0.1) is 13.8 Å². The Kier molecular flexibility index (Phi) is 14.8. The molecule has 0 aliphatic carbocycles. The van der Waals surface area contributed by atoms with Crippen LogP contribution in [0.15, 0.2) is 47.5 Å². The van der Waals surface area contributed by atoms with Crippen LogP contribution in [0.5, 0.6) is 5.75 Å². The Morgan fingerprint density at radius 3 is 1.96 bits per heavy atom. The molecule has 0 bridgehead atoms. The Balaban J connectivity index is 2.28. The number of aliphatic imine (C=N–C) groups is 1. The second-order valence-electron chi connectivity index (χ2n) is 11.0. The summed E-state index contributed by atoms with van der Waals surface area (Å²) in [6.07, 6.45) is 1.48. The maximum absolute atomic E-state index is 13.8. The van der Waals surface area contributed by atoms with Gasteiger partial charge in [-0.1, -0.05) is 30.3 Å². The van der Waals surface area contributed by atoms with Crippen molar-refractivity contribution in [3.8, 4) is 5.75 Å². The second-order valence-corrected chi connectivity index (χ2v) is 11.0. The van der Waals surface area contributed by atoms with Crippen LogP contribution in [0.4, 0.5) is 0 Å². The Bertz CT molecular complexity index is 1310. The van der Waals surface area contributed by atoms with Gasteiger partial charge in [0.15, 0.2) is 5.96 Å². The molecule has 0 aliphatic rings. The van der Waals surface area contributed by atoms with Crippen LogP contribution < -0.4 is 44.6 Å². The van der Waals surface area contributed by atoms with Gasteiger partial charge in [-0.2, -0.15) is 0 Å². The zero-order valence-electron chi connectivity index (χ0n) is 25.9. The van der Waals surface area contributed by atoms with E-state index in [9.17, 15) is 24.3 Å². The minimum atomic E-state index is -1.13. The second kappa shape index (κ2) is 18.2. The van der Waals surface area contributed by atoms with Crippen molar-refractivity contribution in [1.29, 1.82) is 0 Å². The molecule has 0 saturated heterocycles. The smallest absolute Gasteiger partial charge is 0.243 e. The fraction of sp³-hybridized carbons (Fsp3) is 0.452. The number of aromatic hydroxyl groups is 1. The normalized spacial score (nSPS) is 13.5. The number of nitrogens with two attached hydrogens (primary N) is 5. The van der Waals surface area contributed by atoms with Gasteiger partial charge >= 0.3 is 0 Å². The number of guanidine groups is 1. The molecular formula is C31H47N9O5. The van der Waals surface area contributed by atoms with E-state index in [0.29, 0.717) is 24.0 Å². The third kappa shape index (κ3) is 12.4. The van der Waals surface area contributed by atoms with Crippen molar-refractivity contribution in [2.75, 3.05) is 13.1 Å². The lowest BCUT2D eigenvalue weighted by Gasteiger charge is -2.26. The maximum Gasteiger partial charge on any atom is 0.243 e. The number of primary amides is 1.